The lowest BCUT2D eigenvalue weighted by atomic mass is 9.44. The number of allylic oxidation sites excluding steroid dienone is 1. The summed E-state index contributed by atoms with van der Waals surface area (Å²) >= 11 is 0. The van der Waals surface area contributed by atoms with E-state index in [2.05, 4.69) is 43.0 Å². The molecule has 0 saturated heterocycles. The number of hydrogen-bond acceptors (Lipinski definition) is 3. The average molecular weight is 486 g/mol. The minimum atomic E-state index is -4.43. The highest BCUT2D eigenvalue weighted by Crippen LogP contribution is 2.69. The van der Waals surface area contributed by atoms with Crippen molar-refractivity contribution in [3.05, 3.63) is 47.3 Å². The van der Waals surface area contributed by atoms with Gasteiger partial charge in [0.25, 0.3) is 0 Å². The van der Waals surface area contributed by atoms with Crippen LogP contribution in [-0.2, 0) is 11.0 Å². The third kappa shape index (κ3) is 3.52. The molecule has 4 aliphatic rings. The Morgan fingerprint density at radius 2 is 1.94 bits per heavy atom. The lowest BCUT2D eigenvalue weighted by Crippen LogP contribution is -2.59. The summed E-state index contributed by atoms with van der Waals surface area (Å²) in [6.45, 7) is 10.2. The Hall–Kier alpha value is -2.44. The summed E-state index contributed by atoms with van der Waals surface area (Å²) in [5.74, 6) is 0.730. The van der Waals surface area contributed by atoms with Crippen LogP contribution in [0.1, 0.15) is 76.8 Å². The number of nitrogens with one attached hydrogen (secondary N) is 1. The summed E-state index contributed by atoms with van der Waals surface area (Å²) in [6, 6.07) is 1.43. The fourth-order valence-corrected chi connectivity index (χ4v) is 8.14. The number of alkyl halides is 3. The molecule has 6 atom stereocenters. The van der Waals surface area contributed by atoms with Gasteiger partial charge in [-0.15, -0.1) is 0 Å². The minimum absolute atomic E-state index is 0.0183. The van der Waals surface area contributed by atoms with Crippen LogP contribution in [0, 0.1) is 22.7 Å². The zero-order valence-electron chi connectivity index (χ0n) is 20.7. The summed E-state index contributed by atoms with van der Waals surface area (Å²) in [7, 11) is 0. The van der Waals surface area contributed by atoms with Crippen LogP contribution >= 0.6 is 0 Å². The van der Waals surface area contributed by atoms with Crippen LogP contribution in [0.5, 0.6) is 0 Å². The maximum atomic E-state index is 13.4. The van der Waals surface area contributed by atoms with Crippen LogP contribution in [-0.4, -0.2) is 29.2 Å². The quantitative estimate of drug-likeness (QED) is 0.399. The third-order valence-corrected chi connectivity index (χ3v) is 9.94. The van der Waals surface area contributed by atoms with Crippen LogP contribution in [0.3, 0.4) is 0 Å². The highest BCUT2D eigenvalue weighted by Gasteiger charge is 2.64. The Morgan fingerprint density at radius 1 is 1.17 bits per heavy atom. The van der Waals surface area contributed by atoms with Gasteiger partial charge in [0.2, 0.25) is 5.91 Å². The van der Waals surface area contributed by atoms with Gasteiger partial charge in [0.1, 0.15) is 0 Å². The van der Waals surface area contributed by atoms with Gasteiger partial charge in [0, 0.05) is 30.8 Å². The van der Waals surface area contributed by atoms with Gasteiger partial charge >= 0.3 is 6.18 Å². The van der Waals surface area contributed by atoms with E-state index in [1.54, 1.807) is 13.1 Å². The van der Waals surface area contributed by atoms with E-state index in [4.69, 9.17) is 4.99 Å². The molecule has 1 aromatic rings. The second-order valence-electron chi connectivity index (χ2n) is 11.5. The van der Waals surface area contributed by atoms with E-state index in [-0.39, 0.29) is 23.3 Å². The summed E-state index contributed by atoms with van der Waals surface area (Å²) < 4.78 is 40.3. The smallest absolute Gasteiger partial charge is 0.353 e. The topological polar surface area (TPSA) is 54.4 Å². The summed E-state index contributed by atoms with van der Waals surface area (Å²) in [6.07, 6.45) is 8.80. The van der Waals surface area contributed by atoms with Gasteiger partial charge in [-0.05, 0) is 86.1 Å². The van der Waals surface area contributed by atoms with Crippen molar-refractivity contribution in [1.82, 2.24) is 10.3 Å². The van der Waals surface area contributed by atoms with Crippen molar-refractivity contribution in [1.29, 1.82) is 0 Å². The summed E-state index contributed by atoms with van der Waals surface area (Å²) in [5.41, 5.74) is 1.41. The van der Waals surface area contributed by atoms with E-state index in [0.29, 0.717) is 17.9 Å². The van der Waals surface area contributed by atoms with Gasteiger partial charge < -0.3 is 5.32 Å². The maximum Gasteiger partial charge on any atom is 0.417 e. The zero-order valence-corrected chi connectivity index (χ0v) is 20.7. The first-order valence-electron chi connectivity index (χ1n) is 12.6. The fourth-order valence-electron chi connectivity index (χ4n) is 8.14. The average Bonchev–Trinajstić information content (AvgIpc) is 3.11. The number of amides is 1. The second kappa shape index (κ2) is 8.04. The lowest BCUT2D eigenvalue weighted by molar-refractivity contribution is -0.137. The molecule has 1 N–H and O–H groups in total. The molecule has 0 spiro atoms. The van der Waals surface area contributed by atoms with Crippen molar-refractivity contribution in [3.63, 3.8) is 0 Å². The molecule has 35 heavy (non-hydrogen) atoms. The van der Waals surface area contributed by atoms with Crippen molar-refractivity contribution in [2.24, 2.45) is 27.7 Å². The van der Waals surface area contributed by atoms with Crippen molar-refractivity contribution < 1.29 is 18.0 Å². The standard InChI is InChI=1S/C28H34F3N3O/c1-17(35)34-21-7-10-25(2)19(14-21)5-6-24-23(25)8-11-26(3)22(9-12-27(24,26)32-4)18-13-20(16-33-15-18)28(29,30)31/h5,9,13,15-16,21,23-24H,4,6-8,10-12,14H2,1-3H3,(H,34,35)/t21?,23?,24-,25+,26-,27-/m1/s1. The first kappa shape index (κ1) is 24.3. The molecule has 1 aromatic heterocycles. The number of hydrogen-bond donors (Lipinski definition) is 1. The molecule has 5 rings (SSSR count). The first-order chi connectivity index (χ1) is 16.4. The Balaban J connectivity index is 1.49. The number of aromatic nitrogens is 1. The lowest BCUT2D eigenvalue weighted by Gasteiger charge is -2.61. The normalized spacial score (nSPS) is 38.4. The maximum absolute atomic E-state index is 13.4. The number of pyridine rings is 1. The molecule has 188 valence electrons. The summed E-state index contributed by atoms with van der Waals surface area (Å²) in [5, 5.41) is 3.10. The first-order valence-corrected chi connectivity index (χ1v) is 12.6. The number of carbonyl (C=O) groups excluding carboxylic acids is 1. The van der Waals surface area contributed by atoms with Crippen LogP contribution < -0.4 is 5.32 Å². The Morgan fingerprint density at radius 3 is 2.63 bits per heavy atom. The molecule has 2 unspecified atom stereocenters. The van der Waals surface area contributed by atoms with E-state index >= 15 is 0 Å². The monoisotopic (exact) mass is 485 g/mol. The molecule has 2 fully saturated rings. The highest BCUT2D eigenvalue weighted by molar-refractivity contribution is 5.75. The number of nitrogens with zero attached hydrogens (tertiary/aromatic N) is 2. The fraction of sp³-hybridized carbons (Fsp3) is 0.607. The Bertz CT molecular complexity index is 1120. The Kier molecular flexibility index (Phi) is 5.57. The predicted octanol–water partition coefficient (Wildman–Crippen LogP) is 6.38. The highest BCUT2D eigenvalue weighted by atomic mass is 19.4. The molecule has 0 bridgehead atoms. The second-order valence-corrected chi connectivity index (χ2v) is 11.5. The van der Waals surface area contributed by atoms with Crippen molar-refractivity contribution in [3.8, 4) is 0 Å². The third-order valence-electron chi connectivity index (χ3n) is 9.94. The molecule has 4 aliphatic carbocycles. The van der Waals surface area contributed by atoms with E-state index in [9.17, 15) is 18.0 Å². The molecule has 0 aliphatic heterocycles. The van der Waals surface area contributed by atoms with Crippen LogP contribution in [0.25, 0.3) is 5.57 Å². The van der Waals surface area contributed by atoms with Crippen LogP contribution in [0.15, 0.2) is 41.2 Å². The number of halogens is 3. The van der Waals surface area contributed by atoms with Crippen molar-refractivity contribution in [2.75, 3.05) is 0 Å². The van der Waals surface area contributed by atoms with Crippen LogP contribution in [0.2, 0.25) is 0 Å². The largest absolute Gasteiger partial charge is 0.417 e. The molecule has 0 aromatic carbocycles. The minimum Gasteiger partial charge on any atom is -0.353 e. The molecular weight excluding hydrogens is 451 g/mol. The molecule has 4 nitrogen and oxygen atoms in total. The van der Waals surface area contributed by atoms with Gasteiger partial charge in [-0.25, -0.2) is 0 Å². The van der Waals surface area contributed by atoms with Crippen molar-refractivity contribution >= 4 is 18.2 Å². The summed E-state index contributed by atoms with van der Waals surface area (Å²) in [4.78, 5) is 20.4. The van der Waals surface area contributed by atoms with Gasteiger partial charge in [0.15, 0.2) is 0 Å². The van der Waals surface area contributed by atoms with Gasteiger partial charge in [0.05, 0.1) is 11.1 Å². The molecule has 7 heteroatoms. The molecule has 2 saturated carbocycles. The number of aliphatic imine (C=N–C) groups is 1. The number of fused-ring (bicyclic) bond motifs is 5. The molecular formula is C28H34F3N3O. The van der Waals surface area contributed by atoms with Gasteiger partial charge in [-0.2, -0.15) is 13.2 Å². The van der Waals surface area contributed by atoms with Crippen LogP contribution in [0.4, 0.5) is 13.2 Å². The van der Waals surface area contributed by atoms with E-state index < -0.39 is 22.7 Å². The van der Waals surface area contributed by atoms with E-state index in [1.807, 2.05) is 0 Å². The van der Waals surface area contributed by atoms with E-state index in [0.717, 1.165) is 50.3 Å². The van der Waals surface area contributed by atoms with Gasteiger partial charge in [-0.3, -0.25) is 14.8 Å². The number of rotatable bonds is 3. The molecule has 0 radical (unpaired) electrons. The van der Waals surface area contributed by atoms with E-state index in [1.165, 1.54) is 11.6 Å². The molecule has 1 heterocycles. The van der Waals surface area contributed by atoms with Crippen molar-refractivity contribution in [2.45, 2.75) is 83.5 Å². The SMILES string of the molecule is C=N[C@@]12CC=C(c3cncc(C(F)(F)F)c3)[C@@]1(C)CCC1[C@H]2CC=C2CC(NC(C)=O)CC[C@@]21C. The predicted molar refractivity (Wildman–Crippen MR) is 131 cm³/mol. The molecule has 1 amide bonds. The zero-order chi connectivity index (χ0) is 25.2. The number of carbonyl (C=O) groups is 1. The Labute approximate surface area is 205 Å². The van der Waals surface area contributed by atoms with Gasteiger partial charge in [-0.1, -0.05) is 31.6 Å².